The number of H-pyrrole nitrogens is 1. The van der Waals surface area contributed by atoms with Crippen molar-refractivity contribution in [1.29, 1.82) is 0 Å². The molecule has 0 unspecified atom stereocenters. The van der Waals surface area contributed by atoms with Gasteiger partial charge in [-0.1, -0.05) is 26.1 Å². The van der Waals surface area contributed by atoms with Crippen LogP contribution >= 0.6 is 28.1 Å². The summed E-state index contributed by atoms with van der Waals surface area (Å²) in [7, 11) is 0. The fourth-order valence-electron chi connectivity index (χ4n) is 1.95. The number of rotatable bonds is 2. The lowest BCUT2D eigenvalue weighted by atomic mass is 10.0. The zero-order valence-corrected chi connectivity index (χ0v) is 12.9. The van der Waals surface area contributed by atoms with Gasteiger partial charge in [0.05, 0.1) is 0 Å². The number of nitrogens with one attached hydrogen (secondary N) is 1. The molecular formula is C13H14BrN3S. The molecule has 0 saturated heterocycles. The second kappa shape index (κ2) is 5.28. The maximum atomic E-state index is 5.37. The van der Waals surface area contributed by atoms with Crippen LogP contribution in [0.1, 0.15) is 31.0 Å². The van der Waals surface area contributed by atoms with Crippen LogP contribution in [-0.2, 0) is 0 Å². The van der Waals surface area contributed by atoms with E-state index in [2.05, 4.69) is 44.7 Å². The quantitative estimate of drug-likeness (QED) is 0.833. The molecule has 5 heteroatoms. The molecule has 0 saturated carbocycles. The molecule has 2 aromatic rings. The summed E-state index contributed by atoms with van der Waals surface area (Å²) in [4.78, 5) is 12.1. The van der Waals surface area contributed by atoms with Crippen molar-refractivity contribution in [1.82, 2.24) is 15.0 Å². The highest BCUT2D eigenvalue weighted by Crippen LogP contribution is 2.25. The van der Waals surface area contributed by atoms with Crippen LogP contribution in [-0.4, -0.2) is 15.0 Å². The largest absolute Gasteiger partial charge is 0.342 e. The van der Waals surface area contributed by atoms with Crippen LogP contribution in [0, 0.1) is 11.6 Å². The summed E-state index contributed by atoms with van der Waals surface area (Å²) < 4.78 is 1.55. The first-order valence-corrected chi connectivity index (χ1v) is 6.92. The highest BCUT2D eigenvalue weighted by atomic mass is 79.9. The van der Waals surface area contributed by atoms with E-state index in [1.807, 2.05) is 19.1 Å². The zero-order chi connectivity index (χ0) is 13.3. The summed E-state index contributed by atoms with van der Waals surface area (Å²) in [6.45, 7) is 6.25. The summed E-state index contributed by atoms with van der Waals surface area (Å²) in [5.74, 6) is 1.07. The normalized spacial score (nSPS) is 10.9. The standard InChI is InChI=1S/C13H14BrN3S/c1-7(2)10-8(3)16-12(17-13(10)18)11-9(14)5-4-6-15-11/h4-7H,1-3H3,(H,16,17,18). The number of halogens is 1. The average molecular weight is 324 g/mol. The van der Waals surface area contributed by atoms with Crippen LogP contribution in [0.3, 0.4) is 0 Å². The maximum Gasteiger partial charge on any atom is 0.158 e. The Kier molecular flexibility index (Phi) is 3.92. The first-order chi connectivity index (χ1) is 8.50. The van der Waals surface area contributed by atoms with Crippen LogP contribution < -0.4 is 0 Å². The van der Waals surface area contributed by atoms with E-state index in [4.69, 9.17) is 12.2 Å². The fourth-order valence-corrected chi connectivity index (χ4v) is 2.87. The lowest BCUT2D eigenvalue weighted by molar-refractivity contribution is 0.824. The third-order valence-electron chi connectivity index (χ3n) is 2.71. The van der Waals surface area contributed by atoms with E-state index in [9.17, 15) is 0 Å². The van der Waals surface area contributed by atoms with Crippen LogP contribution in [0.25, 0.3) is 11.5 Å². The SMILES string of the molecule is Cc1[nH]c(-c2ncccc2Br)nc(=S)c1C(C)C. The molecule has 94 valence electrons. The van der Waals surface area contributed by atoms with Crippen molar-refractivity contribution in [2.45, 2.75) is 26.7 Å². The summed E-state index contributed by atoms with van der Waals surface area (Å²) >= 11 is 8.85. The Balaban J connectivity index is 2.63. The molecular weight excluding hydrogens is 310 g/mol. The van der Waals surface area contributed by atoms with Gasteiger partial charge in [-0.2, -0.15) is 0 Å². The van der Waals surface area contributed by atoms with Crippen LogP contribution in [0.4, 0.5) is 0 Å². The van der Waals surface area contributed by atoms with Gasteiger partial charge in [-0.25, -0.2) is 4.98 Å². The topological polar surface area (TPSA) is 41.6 Å². The molecule has 1 N–H and O–H groups in total. The Morgan fingerprint density at radius 2 is 2.11 bits per heavy atom. The van der Waals surface area contributed by atoms with E-state index in [1.54, 1.807) is 6.20 Å². The maximum absolute atomic E-state index is 5.37. The minimum atomic E-state index is 0.363. The minimum Gasteiger partial charge on any atom is -0.342 e. The van der Waals surface area contributed by atoms with Gasteiger partial charge in [0.1, 0.15) is 10.3 Å². The van der Waals surface area contributed by atoms with Crippen LogP contribution in [0.2, 0.25) is 0 Å². The van der Waals surface area contributed by atoms with Gasteiger partial charge in [0.2, 0.25) is 0 Å². The Labute approximate surface area is 120 Å². The van der Waals surface area contributed by atoms with E-state index in [1.165, 1.54) is 0 Å². The number of nitrogens with zero attached hydrogens (tertiary/aromatic N) is 2. The van der Waals surface area contributed by atoms with Crippen molar-refractivity contribution < 1.29 is 0 Å². The predicted molar refractivity (Wildman–Crippen MR) is 79.2 cm³/mol. The lowest BCUT2D eigenvalue weighted by Crippen LogP contribution is -2.02. The number of aryl methyl sites for hydroxylation is 1. The van der Waals surface area contributed by atoms with Crippen LogP contribution in [0.15, 0.2) is 22.8 Å². The van der Waals surface area contributed by atoms with Crippen molar-refractivity contribution in [3.63, 3.8) is 0 Å². The van der Waals surface area contributed by atoms with Gasteiger partial charge in [-0.05, 0) is 40.9 Å². The van der Waals surface area contributed by atoms with E-state index < -0.39 is 0 Å². The third kappa shape index (κ3) is 2.52. The summed E-state index contributed by atoms with van der Waals surface area (Å²) in [5.41, 5.74) is 2.93. The smallest absolute Gasteiger partial charge is 0.158 e. The van der Waals surface area contributed by atoms with Crippen LogP contribution in [0.5, 0.6) is 0 Å². The van der Waals surface area contributed by atoms with Gasteiger partial charge >= 0.3 is 0 Å². The second-order valence-electron chi connectivity index (χ2n) is 4.42. The van der Waals surface area contributed by atoms with Gasteiger partial charge in [0.25, 0.3) is 0 Å². The molecule has 0 aliphatic carbocycles. The fraction of sp³-hybridized carbons (Fsp3) is 0.308. The molecule has 3 nitrogen and oxygen atoms in total. The highest BCUT2D eigenvalue weighted by Gasteiger charge is 2.12. The number of pyridine rings is 1. The number of aromatic amines is 1. The summed E-state index contributed by atoms with van der Waals surface area (Å²) in [5, 5.41) is 0. The summed E-state index contributed by atoms with van der Waals surface area (Å²) in [6, 6.07) is 3.81. The molecule has 0 aromatic carbocycles. The molecule has 0 amide bonds. The zero-order valence-electron chi connectivity index (χ0n) is 10.5. The molecule has 0 bridgehead atoms. The van der Waals surface area contributed by atoms with Crippen molar-refractivity contribution in [2.75, 3.05) is 0 Å². The monoisotopic (exact) mass is 323 g/mol. The first-order valence-electron chi connectivity index (χ1n) is 5.72. The molecule has 0 radical (unpaired) electrons. The molecule has 0 spiro atoms. The number of hydrogen-bond donors (Lipinski definition) is 1. The van der Waals surface area contributed by atoms with E-state index in [-0.39, 0.29) is 0 Å². The molecule has 2 heterocycles. The first kappa shape index (κ1) is 13.4. The van der Waals surface area contributed by atoms with Gasteiger partial charge in [-0.3, -0.25) is 4.98 Å². The van der Waals surface area contributed by atoms with Gasteiger partial charge in [0.15, 0.2) is 5.82 Å². The molecule has 18 heavy (non-hydrogen) atoms. The molecule has 0 aliphatic heterocycles. The molecule has 2 rings (SSSR count). The van der Waals surface area contributed by atoms with Gasteiger partial charge in [0, 0.05) is 21.9 Å². The van der Waals surface area contributed by atoms with E-state index in [0.29, 0.717) is 16.4 Å². The van der Waals surface area contributed by atoms with E-state index in [0.717, 1.165) is 21.4 Å². The number of hydrogen-bond acceptors (Lipinski definition) is 3. The molecule has 0 aliphatic rings. The van der Waals surface area contributed by atoms with Crippen molar-refractivity contribution in [3.8, 4) is 11.5 Å². The minimum absolute atomic E-state index is 0.363. The molecule has 0 atom stereocenters. The lowest BCUT2D eigenvalue weighted by Gasteiger charge is -2.11. The van der Waals surface area contributed by atoms with Crippen molar-refractivity contribution >= 4 is 28.1 Å². The Morgan fingerprint density at radius 1 is 1.39 bits per heavy atom. The highest BCUT2D eigenvalue weighted by molar-refractivity contribution is 9.10. The summed E-state index contributed by atoms with van der Waals surface area (Å²) in [6.07, 6.45) is 1.74. The van der Waals surface area contributed by atoms with Crippen molar-refractivity contribution in [2.24, 2.45) is 0 Å². The van der Waals surface area contributed by atoms with Gasteiger partial charge in [-0.15, -0.1) is 0 Å². The average Bonchev–Trinajstić information content (AvgIpc) is 2.27. The van der Waals surface area contributed by atoms with Crippen molar-refractivity contribution in [3.05, 3.63) is 38.7 Å². The predicted octanol–water partition coefficient (Wildman–Crippen LogP) is 4.40. The molecule has 2 aromatic heterocycles. The molecule has 0 fully saturated rings. The van der Waals surface area contributed by atoms with E-state index >= 15 is 0 Å². The number of aromatic nitrogens is 3. The van der Waals surface area contributed by atoms with Gasteiger partial charge < -0.3 is 4.98 Å². The Morgan fingerprint density at radius 3 is 2.67 bits per heavy atom. The second-order valence-corrected chi connectivity index (χ2v) is 5.66. The Bertz CT molecular complexity index is 634. The third-order valence-corrected chi connectivity index (χ3v) is 3.66. The Hall–Kier alpha value is -1.07.